The highest BCUT2D eigenvalue weighted by molar-refractivity contribution is 5.92. The maximum absolute atomic E-state index is 11.8. The van der Waals surface area contributed by atoms with E-state index >= 15 is 0 Å². The first-order valence-corrected chi connectivity index (χ1v) is 6.35. The molecule has 0 atom stereocenters. The van der Waals surface area contributed by atoms with Gasteiger partial charge in [0.2, 0.25) is 5.91 Å². The molecule has 1 heterocycles. The molecule has 1 aliphatic rings. The van der Waals surface area contributed by atoms with Crippen molar-refractivity contribution in [2.45, 2.75) is 25.9 Å². The molecule has 4 nitrogen and oxygen atoms in total. The van der Waals surface area contributed by atoms with Crippen LogP contribution in [0.15, 0.2) is 24.3 Å². The van der Waals surface area contributed by atoms with Crippen LogP contribution in [0.4, 0.5) is 5.69 Å². The van der Waals surface area contributed by atoms with Crippen molar-refractivity contribution in [2.75, 3.05) is 25.0 Å². The molecule has 0 bridgehead atoms. The third kappa shape index (κ3) is 3.09. The second-order valence-corrected chi connectivity index (χ2v) is 4.90. The molecule has 18 heavy (non-hydrogen) atoms. The molecule has 1 aromatic rings. The monoisotopic (exact) mass is 248 g/mol. The first kappa shape index (κ1) is 13.1. The third-order valence-corrected chi connectivity index (χ3v) is 3.22. The summed E-state index contributed by atoms with van der Waals surface area (Å²) in [4.78, 5) is 11.8. The number of para-hydroxylation sites is 1. The Morgan fingerprint density at radius 1 is 1.44 bits per heavy atom. The van der Waals surface area contributed by atoms with E-state index in [0.29, 0.717) is 0 Å². The van der Waals surface area contributed by atoms with Crippen molar-refractivity contribution in [1.29, 1.82) is 0 Å². The molecule has 98 valence electrons. The number of aryl methyl sites for hydroxylation is 1. The largest absolute Gasteiger partial charge is 0.363 e. The average molecular weight is 248 g/mol. The molecular weight excluding hydrogens is 228 g/mol. The maximum atomic E-state index is 11.8. The molecule has 1 fully saturated rings. The first-order chi connectivity index (χ1) is 8.63. The number of hydrogen-bond acceptors (Lipinski definition) is 3. The summed E-state index contributed by atoms with van der Waals surface area (Å²) in [5.74, 6) is -0.0935. The van der Waals surface area contributed by atoms with Crippen LogP contribution >= 0.6 is 0 Å². The summed E-state index contributed by atoms with van der Waals surface area (Å²) in [5.41, 5.74) is 1.84. The molecule has 2 N–H and O–H groups in total. The van der Waals surface area contributed by atoms with Gasteiger partial charge in [-0.2, -0.15) is 0 Å². The Morgan fingerprint density at radius 2 is 2.17 bits per heavy atom. The van der Waals surface area contributed by atoms with Gasteiger partial charge >= 0.3 is 0 Å². The van der Waals surface area contributed by atoms with Gasteiger partial charge in [-0.1, -0.05) is 25.1 Å². The molecular formula is C14H20N2O2. The van der Waals surface area contributed by atoms with Gasteiger partial charge in [0.1, 0.15) is 6.61 Å². The van der Waals surface area contributed by atoms with E-state index in [9.17, 15) is 4.79 Å². The lowest BCUT2D eigenvalue weighted by Gasteiger charge is -2.38. The van der Waals surface area contributed by atoms with Gasteiger partial charge in [-0.25, -0.2) is 0 Å². The lowest BCUT2D eigenvalue weighted by Crippen LogP contribution is -2.59. The highest BCUT2D eigenvalue weighted by Gasteiger charge is 2.32. The minimum atomic E-state index is -0.179. The molecule has 1 aliphatic heterocycles. The van der Waals surface area contributed by atoms with E-state index in [4.69, 9.17) is 4.74 Å². The summed E-state index contributed by atoms with van der Waals surface area (Å²) in [7, 11) is 0. The predicted molar refractivity (Wildman–Crippen MR) is 71.7 cm³/mol. The average Bonchev–Trinajstić information content (AvgIpc) is 2.35. The molecule has 0 radical (unpaired) electrons. The second kappa shape index (κ2) is 5.50. The molecule has 0 spiro atoms. The first-order valence-electron chi connectivity index (χ1n) is 6.35. The Bertz CT molecular complexity index is 428. The summed E-state index contributed by atoms with van der Waals surface area (Å²) in [5, 5.41) is 6.03. The van der Waals surface area contributed by atoms with Crippen LogP contribution in [-0.2, 0) is 16.0 Å². The Hall–Kier alpha value is -1.39. The van der Waals surface area contributed by atoms with Crippen molar-refractivity contribution in [1.82, 2.24) is 5.32 Å². The Morgan fingerprint density at radius 3 is 2.78 bits per heavy atom. The van der Waals surface area contributed by atoms with E-state index in [-0.39, 0.29) is 18.1 Å². The van der Waals surface area contributed by atoms with Crippen molar-refractivity contribution in [3.63, 3.8) is 0 Å². The summed E-state index contributed by atoms with van der Waals surface area (Å²) in [6.45, 7) is 5.81. The van der Waals surface area contributed by atoms with Gasteiger partial charge in [0.15, 0.2) is 0 Å². The van der Waals surface area contributed by atoms with Gasteiger partial charge < -0.3 is 15.4 Å². The van der Waals surface area contributed by atoms with Gasteiger partial charge in [0.05, 0.1) is 5.60 Å². The number of anilines is 1. The lowest BCUT2D eigenvalue weighted by molar-refractivity contribution is -0.130. The molecule has 1 amide bonds. The lowest BCUT2D eigenvalue weighted by atomic mass is 10.0. The molecule has 0 aliphatic carbocycles. The number of rotatable bonds is 5. The Balaban J connectivity index is 1.86. The van der Waals surface area contributed by atoms with Crippen molar-refractivity contribution in [3.05, 3.63) is 29.8 Å². The zero-order valence-electron chi connectivity index (χ0n) is 11.0. The van der Waals surface area contributed by atoms with Crippen LogP contribution in [0.2, 0.25) is 0 Å². The second-order valence-electron chi connectivity index (χ2n) is 4.90. The van der Waals surface area contributed by atoms with Gasteiger partial charge in [0.25, 0.3) is 0 Å². The number of benzene rings is 1. The van der Waals surface area contributed by atoms with Crippen LogP contribution < -0.4 is 10.6 Å². The van der Waals surface area contributed by atoms with Gasteiger partial charge in [0, 0.05) is 18.8 Å². The van der Waals surface area contributed by atoms with Crippen molar-refractivity contribution in [3.8, 4) is 0 Å². The predicted octanol–water partition coefficient (Wildman–Crippen LogP) is 1.57. The fraction of sp³-hybridized carbons (Fsp3) is 0.500. The molecule has 1 saturated heterocycles. The Labute approximate surface area is 108 Å². The van der Waals surface area contributed by atoms with E-state index < -0.39 is 0 Å². The molecule has 0 unspecified atom stereocenters. The maximum Gasteiger partial charge on any atom is 0.250 e. The fourth-order valence-electron chi connectivity index (χ4n) is 1.96. The number of carbonyl (C=O) groups excluding carboxylic acids is 1. The number of hydrogen-bond donors (Lipinski definition) is 2. The van der Waals surface area contributed by atoms with E-state index in [0.717, 1.165) is 30.8 Å². The summed E-state index contributed by atoms with van der Waals surface area (Å²) in [6, 6.07) is 7.84. The number of ether oxygens (including phenoxy) is 1. The van der Waals surface area contributed by atoms with E-state index in [1.807, 2.05) is 31.2 Å². The van der Waals surface area contributed by atoms with Crippen molar-refractivity contribution in [2.24, 2.45) is 0 Å². The topological polar surface area (TPSA) is 50.4 Å². The van der Waals surface area contributed by atoms with E-state index in [1.165, 1.54) is 0 Å². The summed E-state index contributed by atoms with van der Waals surface area (Å²) in [6.07, 6.45) is 0.902. The normalized spacial score (nSPS) is 17.0. The summed E-state index contributed by atoms with van der Waals surface area (Å²) >= 11 is 0. The number of amides is 1. The molecule has 1 aromatic carbocycles. The van der Waals surface area contributed by atoms with Crippen molar-refractivity contribution >= 4 is 11.6 Å². The highest BCUT2D eigenvalue weighted by atomic mass is 16.5. The van der Waals surface area contributed by atoms with Crippen LogP contribution in [-0.4, -0.2) is 31.2 Å². The SMILES string of the molecule is CCc1ccccc1NC(=O)COC1(C)CNC1. The number of nitrogens with one attached hydrogen (secondary N) is 2. The summed E-state index contributed by atoms with van der Waals surface area (Å²) < 4.78 is 5.60. The molecule has 0 aromatic heterocycles. The van der Waals surface area contributed by atoms with Crippen LogP contribution in [0.3, 0.4) is 0 Å². The minimum absolute atomic E-state index is 0.0935. The van der Waals surface area contributed by atoms with E-state index in [2.05, 4.69) is 17.6 Å². The van der Waals surface area contributed by atoms with E-state index in [1.54, 1.807) is 0 Å². The van der Waals surface area contributed by atoms with Gasteiger partial charge in [-0.05, 0) is 25.0 Å². The molecule has 2 rings (SSSR count). The standard InChI is InChI=1S/C14H20N2O2/c1-3-11-6-4-5-7-12(11)16-13(17)8-18-14(2)9-15-10-14/h4-7,15H,3,8-10H2,1-2H3,(H,16,17). The van der Waals surface area contributed by atoms with Crippen LogP contribution in [0.5, 0.6) is 0 Å². The van der Waals surface area contributed by atoms with Gasteiger partial charge in [-0.3, -0.25) is 4.79 Å². The molecule has 4 heteroatoms. The zero-order valence-corrected chi connectivity index (χ0v) is 11.0. The molecule has 0 saturated carbocycles. The number of carbonyl (C=O) groups is 1. The van der Waals surface area contributed by atoms with Crippen molar-refractivity contribution < 1.29 is 9.53 Å². The van der Waals surface area contributed by atoms with Crippen LogP contribution in [0.1, 0.15) is 19.4 Å². The third-order valence-electron chi connectivity index (χ3n) is 3.22. The smallest absolute Gasteiger partial charge is 0.250 e. The van der Waals surface area contributed by atoms with Gasteiger partial charge in [-0.15, -0.1) is 0 Å². The van der Waals surface area contributed by atoms with Crippen LogP contribution in [0, 0.1) is 0 Å². The zero-order chi connectivity index (χ0) is 13.0. The minimum Gasteiger partial charge on any atom is -0.363 e. The quantitative estimate of drug-likeness (QED) is 0.831. The highest BCUT2D eigenvalue weighted by Crippen LogP contribution is 2.17. The van der Waals surface area contributed by atoms with Crippen LogP contribution in [0.25, 0.3) is 0 Å². The Kier molecular flexibility index (Phi) is 3.99. The fourth-order valence-corrected chi connectivity index (χ4v) is 1.96.